The Morgan fingerprint density at radius 2 is 2.25 bits per heavy atom. The molecule has 1 nitrogen and oxygen atoms in total. The zero-order valence-electron chi connectivity index (χ0n) is 8.74. The van der Waals surface area contributed by atoms with E-state index in [1.54, 1.807) is 23.5 Å². The molecule has 1 aromatic heterocycles. The Bertz CT molecular complexity index is 506. The molecule has 1 N–H and O–H groups in total. The molecule has 16 heavy (non-hydrogen) atoms. The van der Waals surface area contributed by atoms with Crippen LogP contribution >= 0.6 is 11.3 Å². The number of nitrogens with one attached hydrogen (secondary N) is 1. The largest absolute Gasteiger partial charge is 0.306 e. The van der Waals surface area contributed by atoms with E-state index in [0.717, 1.165) is 18.5 Å². The first-order valence-electron chi connectivity index (χ1n) is 5.40. The molecule has 82 valence electrons. The van der Waals surface area contributed by atoms with E-state index >= 15 is 0 Å². The maximum absolute atomic E-state index is 13.2. The normalized spacial score (nSPS) is 19.4. The van der Waals surface area contributed by atoms with Gasteiger partial charge in [-0.05, 0) is 41.1 Å². The number of hydrogen-bond acceptors (Lipinski definition) is 2. The van der Waals surface area contributed by atoms with Crippen molar-refractivity contribution in [1.82, 2.24) is 5.32 Å². The molecule has 2 heterocycles. The fourth-order valence-corrected chi connectivity index (χ4v) is 3.16. The molecule has 1 aliphatic rings. The van der Waals surface area contributed by atoms with Crippen LogP contribution in [-0.2, 0) is 6.42 Å². The maximum Gasteiger partial charge on any atom is 0.123 e. The van der Waals surface area contributed by atoms with Gasteiger partial charge in [0.05, 0.1) is 6.04 Å². The fourth-order valence-electron chi connectivity index (χ4n) is 2.23. The van der Waals surface area contributed by atoms with Crippen LogP contribution in [0.25, 0.3) is 0 Å². The molecule has 1 aliphatic heterocycles. The summed E-state index contributed by atoms with van der Waals surface area (Å²) in [6, 6.07) is 9.15. The lowest BCUT2D eigenvalue weighted by atomic mass is 9.95. The van der Waals surface area contributed by atoms with E-state index in [1.807, 2.05) is 6.07 Å². The van der Waals surface area contributed by atoms with Crippen molar-refractivity contribution in [2.24, 2.45) is 0 Å². The number of fused-ring (bicyclic) bond motifs is 1. The van der Waals surface area contributed by atoms with Crippen LogP contribution in [0.2, 0.25) is 0 Å². The second-order valence-electron chi connectivity index (χ2n) is 3.99. The molecule has 1 aromatic carbocycles. The Morgan fingerprint density at radius 3 is 3.12 bits per heavy atom. The summed E-state index contributed by atoms with van der Waals surface area (Å²) in [6.45, 7) is 0.967. The summed E-state index contributed by atoms with van der Waals surface area (Å²) in [5.74, 6) is -0.165. The van der Waals surface area contributed by atoms with Gasteiger partial charge in [-0.3, -0.25) is 0 Å². The molecule has 0 fully saturated rings. The second-order valence-corrected chi connectivity index (χ2v) is 4.99. The third kappa shape index (κ3) is 1.66. The van der Waals surface area contributed by atoms with Crippen molar-refractivity contribution in [3.8, 4) is 0 Å². The molecule has 2 aromatic rings. The first-order valence-corrected chi connectivity index (χ1v) is 6.27. The topological polar surface area (TPSA) is 12.0 Å². The molecule has 0 aliphatic carbocycles. The van der Waals surface area contributed by atoms with Crippen molar-refractivity contribution in [3.63, 3.8) is 0 Å². The average Bonchev–Trinajstić information content (AvgIpc) is 2.76. The van der Waals surface area contributed by atoms with Crippen LogP contribution in [0.1, 0.15) is 22.0 Å². The number of halogens is 1. The molecule has 1 atom stereocenters. The summed E-state index contributed by atoms with van der Waals surface area (Å²) in [6.07, 6.45) is 1.08. The molecule has 3 heteroatoms. The molecule has 0 saturated heterocycles. The quantitative estimate of drug-likeness (QED) is 0.798. The minimum atomic E-state index is -0.165. The van der Waals surface area contributed by atoms with Gasteiger partial charge in [-0.25, -0.2) is 4.39 Å². The van der Waals surface area contributed by atoms with E-state index in [1.165, 1.54) is 16.5 Å². The van der Waals surface area contributed by atoms with E-state index < -0.39 is 0 Å². The van der Waals surface area contributed by atoms with Gasteiger partial charge in [-0.1, -0.05) is 12.1 Å². The minimum absolute atomic E-state index is 0.158. The van der Waals surface area contributed by atoms with E-state index in [9.17, 15) is 4.39 Å². The molecule has 0 spiro atoms. The summed E-state index contributed by atoms with van der Waals surface area (Å²) in [5, 5.41) is 5.56. The molecule has 0 amide bonds. The molecular weight excluding hydrogens is 221 g/mol. The van der Waals surface area contributed by atoms with Crippen LogP contribution in [0, 0.1) is 5.82 Å². The van der Waals surface area contributed by atoms with Gasteiger partial charge in [0.2, 0.25) is 0 Å². The number of rotatable bonds is 1. The minimum Gasteiger partial charge on any atom is -0.306 e. The molecule has 0 radical (unpaired) electrons. The molecule has 3 rings (SSSR count). The lowest BCUT2D eigenvalue weighted by molar-refractivity contribution is 0.566. The van der Waals surface area contributed by atoms with Crippen LogP contribution < -0.4 is 5.32 Å². The Morgan fingerprint density at radius 1 is 1.31 bits per heavy atom. The summed E-state index contributed by atoms with van der Waals surface area (Å²) >= 11 is 1.79. The number of benzene rings is 1. The molecule has 0 bridgehead atoms. The highest BCUT2D eigenvalue weighted by molar-refractivity contribution is 7.10. The Kier molecular flexibility index (Phi) is 2.50. The monoisotopic (exact) mass is 233 g/mol. The second kappa shape index (κ2) is 4.00. The predicted octanol–water partition coefficient (Wildman–Crippen LogP) is 3.12. The predicted molar refractivity (Wildman–Crippen MR) is 64.3 cm³/mol. The first kappa shape index (κ1) is 10.00. The zero-order valence-corrected chi connectivity index (χ0v) is 9.56. The van der Waals surface area contributed by atoms with Gasteiger partial charge in [-0.15, -0.1) is 11.3 Å². The van der Waals surface area contributed by atoms with Gasteiger partial charge >= 0.3 is 0 Å². The van der Waals surface area contributed by atoms with Gasteiger partial charge in [0.1, 0.15) is 5.82 Å². The third-order valence-electron chi connectivity index (χ3n) is 2.97. The highest BCUT2D eigenvalue weighted by Crippen LogP contribution is 2.31. The molecular formula is C13H12FNS. The fraction of sp³-hybridized carbons (Fsp3) is 0.231. The SMILES string of the molecule is Fc1cccc(C2NCCc3sccc32)c1. The first-order chi connectivity index (χ1) is 7.84. The van der Waals surface area contributed by atoms with Gasteiger partial charge in [0.15, 0.2) is 0 Å². The van der Waals surface area contributed by atoms with Crippen LogP contribution in [0.3, 0.4) is 0 Å². The Hall–Kier alpha value is -1.19. The highest BCUT2D eigenvalue weighted by atomic mass is 32.1. The van der Waals surface area contributed by atoms with Crippen molar-refractivity contribution in [2.45, 2.75) is 12.5 Å². The van der Waals surface area contributed by atoms with Crippen molar-refractivity contribution in [3.05, 3.63) is 57.5 Å². The maximum atomic E-state index is 13.2. The van der Waals surface area contributed by atoms with Crippen molar-refractivity contribution in [1.29, 1.82) is 0 Å². The van der Waals surface area contributed by atoms with Gasteiger partial charge in [0.25, 0.3) is 0 Å². The van der Waals surface area contributed by atoms with E-state index in [0.29, 0.717) is 0 Å². The lowest BCUT2D eigenvalue weighted by Crippen LogP contribution is -2.29. The van der Waals surface area contributed by atoms with Crippen LogP contribution in [0.15, 0.2) is 35.7 Å². The van der Waals surface area contributed by atoms with Crippen LogP contribution in [0.5, 0.6) is 0 Å². The van der Waals surface area contributed by atoms with Crippen LogP contribution in [-0.4, -0.2) is 6.54 Å². The van der Waals surface area contributed by atoms with Gasteiger partial charge in [-0.2, -0.15) is 0 Å². The lowest BCUT2D eigenvalue weighted by Gasteiger charge is -2.24. The Balaban J connectivity index is 2.04. The van der Waals surface area contributed by atoms with Gasteiger partial charge in [0, 0.05) is 11.4 Å². The van der Waals surface area contributed by atoms with E-state index in [-0.39, 0.29) is 11.9 Å². The Labute approximate surface area is 97.9 Å². The van der Waals surface area contributed by atoms with E-state index in [4.69, 9.17) is 0 Å². The summed E-state index contributed by atoms with van der Waals surface area (Å²) < 4.78 is 13.2. The standard InChI is InChI=1S/C13H12FNS/c14-10-3-1-2-9(8-10)13-11-5-7-16-12(11)4-6-15-13/h1-3,5,7-8,13,15H,4,6H2. The number of hydrogen-bond donors (Lipinski definition) is 1. The van der Waals surface area contributed by atoms with Crippen molar-refractivity contribution < 1.29 is 4.39 Å². The summed E-state index contributed by atoms with van der Waals surface area (Å²) in [7, 11) is 0. The molecule has 1 unspecified atom stereocenters. The highest BCUT2D eigenvalue weighted by Gasteiger charge is 2.22. The smallest absolute Gasteiger partial charge is 0.123 e. The van der Waals surface area contributed by atoms with E-state index in [2.05, 4.69) is 16.8 Å². The third-order valence-corrected chi connectivity index (χ3v) is 3.97. The summed E-state index contributed by atoms with van der Waals surface area (Å²) in [5.41, 5.74) is 2.32. The van der Waals surface area contributed by atoms with Crippen molar-refractivity contribution in [2.75, 3.05) is 6.54 Å². The summed E-state index contributed by atoms with van der Waals surface area (Å²) in [4.78, 5) is 1.42. The zero-order chi connectivity index (χ0) is 11.0. The average molecular weight is 233 g/mol. The number of thiophene rings is 1. The molecule has 0 saturated carbocycles. The van der Waals surface area contributed by atoms with Gasteiger partial charge < -0.3 is 5.32 Å². The van der Waals surface area contributed by atoms with Crippen LogP contribution in [0.4, 0.5) is 4.39 Å². The van der Waals surface area contributed by atoms with Crippen molar-refractivity contribution >= 4 is 11.3 Å².